The molecule has 0 atom stereocenters. The fourth-order valence-corrected chi connectivity index (χ4v) is 2.95. The van der Waals surface area contributed by atoms with Crippen molar-refractivity contribution in [3.8, 4) is 5.75 Å². The van der Waals surface area contributed by atoms with Crippen molar-refractivity contribution in [2.75, 3.05) is 63.3 Å². The van der Waals surface area contributed by atoms with Crippen LogP contribution in [0, 0.1) is 5.82 Å². The molecule has 1 amide bonds. The van der Waals surface area contributed by atoms with Crippen LogP contribution in [-0.4, -0.2) is 63.9 Å². The summed E-state index contributed by atoms with van der Waals surface area (Å²) in [6.45, 7) is 4.53. The normalized spacial score (nSPS) is 14.2. The van der Waals surface area contributed by atoms with Crippen LogP contribution in [0.1, 0.15) is 0 Å². The number of rotatable bonds is 8. The molecule has 0 bridgehead atoms. The zero-order chi connectivity index (χ0) is 19.8. The van der Waals surface area contributed by atoms with Crippen molar-refractivity contribution in [1.29, 1.82) is 0 Å². The predicted molar refractivity (Wildman–Crippen MR) is 107 cm³/mol. The summed E-state index contributed by atoms with van der Waals surface area (Å²) in [6.07, 6.45) is 0. The monoisotopic (exact) mass is 387 g/mol. The molecule has 3 rings (SSSR count). The van der Waals surface area contributed by atoms with Crippen molar-refractivity contribution in [3.63, 3.8) is 0 Å². The molecule has 1 N–H and O–H groups in total. The van der Waals surface area contributed by atoms with Crippen molar-refractivity contribution >= 4 is 17.3 Å². The zero-order valence-corrected chi connectivity index (χ0v) is 16.1. The Morgan fingerprint density at radius 1 is 1.14 bits per heavy atom. The second-order valence-corrected chi connectivity index (χ2v) is 6.73. The third kappa shape index (κ3) is 6.21. The Bertz CT molecular complexity index is 746. The summed E-state index contributed by atoms with van der Waals surface area (Å²) in [7, 11) is 1.86. The number of benzene rings is 2. The van der Waals surface area contributed by atoms with Crippen LogP contribution in [-0.2, 0) is 9.53 Å². The summed E-state index contributed by atoms with van der Waals surface area (Å²) in [5, 5.41) is 2.91. The molecule has 150 valence electrons. The van der Waals surface area contributed by atoms with E-state index in [1.54, 1.807) is 12.1 Å². The van der Waals surface area contributed by atoms with Crippen molar-refractivity contribution in [3.05, 3.63) is 54.3 Å². The number of hydrogen-bond donors (Lipinski definition) is 1. The van der Waals surface area contributed by atoms with E-state index in [-0.39, 0.29) is 18.3 Å². The summed E-state index contributed by atoms with van der Waals surface area (Å²) in [5.41, 5.74) is 1.91. The maximum Gasteiger partial charge on any atom is 0.238 e. The number of nitrogens with zero attached hydrogens (tertiary/aromatic N) is 2. The molecule has 1 fully saturated rings. The first-order valence-electron chi connectivity index (χ1n) is 9.40. The Kier molecular flexibility index (Phi) is 7.22. The highest BCUT2D eigenvalue weighted by Gasteiger charge is 2.12. The van der Waals surface area contributed by atoms with Crippen LogP contribution in [0.4, 0.5) is 15.8 Å². The molecule has 1 saturated heterocycles. The second kappa shape index (κ2) is 10.1. The molecule has 0 radical (unpaired) electrons. The van der Waals surface area contributed by atoms with Gasteiger partial charge in [0.2, 0.25) is 5.91 Å². The van der Waals surface area contributed by atoms with E-state index in [2.05, 4.69) is 10.2 Å². The summed E-state index contributed by atoms with van der Waals surface area (Å²) < 4.78 is 23.8. The number of amides is 1. The Morgan fingerprint density at radius 3 is 2.50 bits per heavy atom. The van der Waals surface area contributed by atoms with Crippen molar-refractivity contribution in [2.24, 2.45) is 0 Å². The van der Waals surface area contributed by atoms with Gasteiger partial charge in [-0.2, -0.15) is 0 Å². The molecular weight excluding hydrogens is 361 g/mol. The molecule has 1 aliphatic heterocycles. The first-order valence-corrected chi connectivity index (χ1v) is 9.40. The van der Waals surface area contributed by atoms with E-state index >= 15 is 0 Å². The van der Waals surface area contributed by atoms with Crippen LogP contribution in [0.15, 0.2) is 48.5 Å². The molecule has 0 spiro atoms. The second-order valence-electron chi connectivity index (χ2n) is 6.73. The van der Waals surface area contributed by atoms with Gasteiger partial charge < -0.3 is 19.7 Å². The maximum absolute atomic E-state index is 12.9. The summed E-state index contributed by atoms with van der Waals surface area (Å²) in [4.78, 5) is 16.4. The molecule has 0 unspecified atom stereocenters. The highest BCUT2D eigenvalue weighted by molar-refractivity contribution is 5.92. The Labute approximate surface area is 164 Å². The van der Waals surface area contributed by atoms with E-state index in [1.165, 1.54) is 12.1 Å². The van der Waals surface area contributed by atoms with Gasteiger partial charge in [-0.25, -0.2) is 4.39 Å². The molecular formula is C21H26FN3O3. The maximum atomic E-state index is 12.9. The molecule has 0 saturated carbocycles. The van der Waals surface area contributed by atoms with E-state index in [0.717, 1.165) is 37.7 Å². The molecule has 7 heteroatoms. The number of likely N-dealkylation sites (N-methyl/N-ethyl adjacent to an activating group) is 1. The van der Waals surface area contributed by atoms with Crippen LogP contribution in [0.3, 0.4) is 0 Å². The number of ether oxygens (including phenoxy) is 2. The van der Waals surface area contributed by atoms with E-state index in [4.69, 9.17) is 9.47 Å². The molecule has 0 aromatic heterocycles. The predicted octanol–water partition coefficient (Wildman–Crippen LogP) is 2.61. The minimum atomic E-state index is -0.292. The lowest BCUT2D eigenvalue weighted by molar-refractivity contribution is -0.117. The van der Waals surface area contributed by atoms with E-state index in [1.807, 2.05) is 36.2 Å². The van der Waals surface area contributed by atoms with Crippen molar-refractivity contribution in [2.45, 2.75) is 0 Å². The molecule has 1 aliphatic rings. The van der Waals surface area contributed by atoms with Crippen molar-refractivity contribution in [1.82, 2.24) is 4.90 Å². The number of carbonyl (C=O) groups is 1. The van der Waals surface area contributed by atoms with Gasteiger partial charge in [-0.05, 0) is 55.6 Å². The molecule has 28 heavy (non-hydrogen) atoms. The fourth-order valence-electron chi connectivity index (χ4n) is 2.95. The number of morpholine rings is 1. The van der Waals surface area contributed by atoms with Gasteiger partial charge in [-0.1, -0.05) is 0 Å². The third-order valence-corrected chi connectivity index (χ3v) is 4.50. The molecule has 6 nitrogen and oxygen atoms in total. The molecule has 1 heterocycles. The topological polar surface area (TPSA) is 54.0 Å². The van der Waals surface area contributed by atoms with E-state index in [9.17, 15) is 9.18 Å². The van der Waals surface area contributed by atoms with Gasteiger partial charge in [0.1, 0.15) is 18.2 Å². The van der Waals surface area contributed by atoms with Crippen LogP contribution in [0.2, 0.25) is 0 Å². The van der Waals surface area contributed by atoms with E-state index in [0.29, 0.717) is 18.9 Å². The number of carbonyl (C=O) groups excluding carboxylic acids is 1. The lowest BCUT2D eigenvalue weighted by Gasteiger charge is -2.28. The number of hydrogen-bond acceptors (Lipinski definition) is 5. The van der Waals surface area contributed by atoms with Crippen molar-refractivity contribution < 1.29 is 18.7 Å². The van der Waals surface area contributed by atoms with Gasteiger partial charge in [0, 0.05) is 31.0 Å². The number of anilines is 2. The first kappa shape index (κ1) is 20.1. The quantitative estimate of drug-likeness (QED) is 0.755. The zero-order valence-electron chi connectivity index (χ0n) is 16.1. The lowest BCUT2D eigenvalue weighted by atomic mass is 10.2. The minimum absolute atomic E-state index is 0.0802. The lowest BCUT2D eigenvalue weighted by Crippen LogP contribution is -2.36. The average Bonchev–Trinajstić information content (AvgIpc) is 2.70. The Morgan fingerprint density at radius 2 is 1.82 bits per heavy atom. The summed E-state index contributed by atoms with van der Waals surface area (Å²) in [6, 6.07) is 13.8. The van der Waals surface area contributed by atoms with Gasteiger partial charge in [0.15, 0.2) is 0 Å². The first-order chi connectivity index (χ1) is 13.6. The largest absolute Gasteiger partial charge is 0.492 e. The smallest absolute Gasteiger partial charge is 0.238 e. The SMILES string of the molecule is CN(CCOc1ccc(F)cc1)CC(=O)Nc1ccc(N2CCOCC2)cc1. The van der Waals surface area contributed by atoms with E-state index < -0.39 is 0 Å². The van der Waals surface area contributed by atoms with Gasteiger partial charge in [-0.15, -0.1) is 0 Å². The van der Waals surface area contributed by atoms with Gasteiger partial charge in [0.25, 0.3) is 0 Å². The number of halogens is 1. The van der Waals surface area contributed by atoms with Gasteiger partial charge >= 0.3 is 0 Å². The molecule has 2 aromatic carbocycles. The third-order valence-electron chi connectivity index (χ3n) is 4.50. The highest BCUT2D eigenvalue weighted by atomic mass is 19.1. The molecule has 2 aromatic rings. The van der Waals surface area contributed by atoms with Crippen LogP contribution in [0.5, 0.6) is 5.75 Å². The Balaban J connectivity index is 1.38. The summed E-state index contributed by atoms with van der Waals surface area (Å²) >= 11 is 0. The summed E-state index contributed by atoms with van der Waals surface area (Å²) in [5.74, 6) is 0.238. The fraction of sp³-hybridized carbons (Fsp3) is 0.381. The van der Waals surface area contributed by atoms with Crippen LogP contribution < -0.4 is 15.0 Å². The standard InChI is InChI=1S/C21H26FN3O3/c1-24(10-15-28-20-8-2-17(22)3-9-20)16-21(26)23-18-4-6-19(7-5-18)25-11-13-27-14-12-25/h2-9H,10-16H2,1H3,(H,23,26). The van der Waals surface area contributed by atoms with Crippen LogP contribution >= 0.6 is 0 Å². The molecule has 0 aliphatic carbocycles. The van der Waals surface area contributed by atoms with Gasteiger partial charge in [-0.3, -0.25) is 9.69 Å². The average molecular weight is 387 g/mol. The minimum Gasteiger partial charge on any atom is -0.492 e. The Hall–Kier alpha value is -2.64. The van der Waals surface area contributed by atoms with Gasteiger partial charge in [0.05, 0.1) is 19.8 Å². The number of nitrogens with one attached hydrogen (secondary N) is 1. The van der Waals surface area contributed by atoms with Crippen LogP contribution in [0.25, 0.3) is 0 Å². The highest BCUT2D eigenvalue weighted by Crippen LogP contribution is 2.19.